The van der Waals surface area contributed by atoms with Gasteiger partial charge < -0.3 is 20.4 Å². The number of phenols is 4. The van der Waals surface area contributed by atoms with Crippen molar-refractivity contribution in [3.05, 3.63) is 183 Å². The van der Waals surface area contributed by atoms with Crippen LogP contribution in [-0.2, 0) is 25.9 Å². The molecular formula is C52H46Br4N6O4. The normalized spacial score (nSPS) is 20.1. The van der Waals surface area contributed by atoms with Crippen molar-refractivity contribution in [1.82, 2.24) is 9.80 Å². The third-order valence-electron chi connectivity index (χ3n) is 12.2. The molecule has 66 heavy (non-hydrogen) atoms. The SMILES string of the molecule is Oc1c(Br)cc2cc1C=NC1CN(Cc3ccccc3)CC1N=Cc1cc(cc(Br)c1O)Cc1cc(Br)c(O)c(c1)C=NC1CN(Cc3ccccc3)CC1N=Cc1cc(cc(Br)c1O)C2. The highest BCUT2D eigenvalue weighted by Crippen LogP contribution is 2.36. The van der Waals surface area contributed by atoms with E-state index in [4.69, 9.17) is 20.0 Å². The fourth-order valence-corrected chi connectivity index (χ4v) is 11.0. The largest absolute Gasteiger partial charge is 0.506 e. The van der Waals surface area contributed by atoms with Gasteiger partial charge in [-0.1, -0.05) is 60.7 Å². The summed E-state index contributed by atoms with van der Waals surface area (Å²) >= 11 is 14.4. The molecule has 6 aromatic carbocycles. The van der Waals surface area contributed by atoms with Crippen LogP contribution in [0.5, 0.6) is 23.0 Å². The van der Waals surface area contributed by atoms with Crippen molar-refractivity contribution in [1.29, 1.82) is 0 Å². The van der Waals surface area contributed by atoms with E-state index in [9.17, 15) is 20.4 Å². The maximum absolute atomic E-state index is 11.3. The number of benzene rings is 6. The first kappa shape index (κ1) is 46.2. The van der Waals surface area contributed by atoms with Crippen molar-refractivity contribution >= 4 is 88.6 Å². The van der Waals surface area contributed by atoms with Crippen molar-refractivity contribution in [3.63, 3.8) is 0 Å². The number of halogens is 4. The second-order valence-corrected chi connectivity index (χ2v) is 20.6. The lowest BCUT2D eigenvalue weighted by atomic mass is 10.00. The zero-order valence-corrected chi connectivity index (χ0v) is 42.0. The van der Waals surface area contributed by atoms with Gasteiger partial charge in [-0.3, -0.25) is 29.8 Å². The molecule has 9 rings (SSSR count). The molecule has 0 aromatic heterocycles. The second-order valence-electron chi connectivity index (χ2n) is 17.2. The van der Waals surface area contributed by atoms with Crippen molar-refractivity contribution in [3.8, 4) is 23.0 Å². The highest BCUT2D eigenvalue weighted by Gasteiger charge is 2.33. The number of rotatable bonds is 4. The molecule has 0 radical (unpaired) electrons. The lowest BCUT2D eigenvalue weighted by molar-refractivity contribution is 0.324. The van der Waals surface area contributed by atoms with Gasteiger partial charge in [0.1, 0.15) is 23.0 Å². The quantitative estimate of drug-likeness (QED) is 0.139. The van der Waals surface area contributed by atoms with Gasteiger partial charge in [-0.2, -0.15) is 0 Å². The maximum Gasteiger partial charge on any atom is 0.138 e. The van der Waals surface area contributed by atoms with E-state index in [1.807, 2.05) is 84.9 Å². The molecule has 6 aromatic rings. The molecule has 3 heterocycles. The van der Waals surface area contributed by atoms with Crippen LogP contribution in [0.2, 0.25) is 0 Å². The van der Waals surface area contributed by atoms with Crippen LogP contribution in [0.1, 0.15) is 55.6 Å². The summed E-state index contributed by atoms with van der Waals surface area (Å²) < 4.78 is 2.17. The average molecular weight is 1140 g/mol. The predicted molar refractivity (Wildman–Crippen MR) is 278 cm³/mol. The predicted octanol–water partition coefficient (Wildman–Crippen LogP) is 10.6. The minimum Gasteiger partial charge on any atom is -0.506 e. The van der Waals surface area contributed by atoms with Gasteiger partial charge >= 0.3 is 0 Å². The monoisotopic (exact) mass is 1130 g/mol. The third kappa shape index (κ3) is 10.9. The molecule has 2 fully saturated rings. The first-order valence-electron chi connectivity index (χ1n) is 21.6. The molecule has 3 aliphatic rings. The molecule has 336 valence electrons. The van der Waals surface area contributed by atoms with Crippen LogP contribution in [0.4, 0.5) is 0 Å². The number of hydrogen-bond donors (Lipinski definition) is 4. The lowest BCUT2D eigenvalue weighted by Gasteiger charge is -2.14. The zero-order chi connectivity index (χ0) is 45.9. The van der Waals surface area contributed by atoms with Gasteiger partial charge in [0, 0.05) is 86.4 Å². The van der Waals surface area contributed by atoms with Crippen LogP contribution in [0.15, 0.2) is 147 Å². The van der Waals surface area contributed by atoms with Crippen molar-refractivity contribution in [2.45, 2.75) is 50.1 Å². The van der Waals surface area contributed by atoms with E-state index in [1.54, 1.807) is 24.9 Å². The Hall–Kier alpha value is -4.96. The topological polar surface area (TPSA) is 137 Å². The van der Waals surface area contributed by atoms with Crippen LogP contribution >= 0.6 is 63.7 Å². The smallest absolute Gasteiger partial charge is 0.138 e. The number of nitrogens with zero attached hydrogens (tertiary/aromatic N) is 6. The summed E-state index contributed by atoms with van der Waals surface area (Å²) in [5.41, 5.74) is 8.35. The first-order valence-corrected chi connectivity index (χ1v) is 24.8. The van der Waals surface area contributed by atoms with Gasteiger partial charge in [0.25, 0.3) is 0 Å². The number of phenolic OH excluding ortho intramolecular Hbond substituents is 4. The Morgan fingerprint density at radius 1 is 0.394 bits per heavy atom. The van der Waals surface area contributed by atoms with E-state index in [0.29, 0.717) is 79.2 Å². The Kier molecular flexibility index (Phi) is 14.3. The summed E-state index contributed by atoms with van der Waals surface area (Å²) in [6, 6.07) is 35.0. The van der Waals surface area contributed by atoms with Crippen molar-refractivity contribution < 1.29 is 20.4 Å². The highest BCUT2D eigenvalue weighted by atomic mass is 79.9. The lowest BCUT2D eigenvalue weighted by Crippen LogP contribution is -2.21. The number of likely N-dealkylation sites (tertiary alicyclic amines) is 2. The zero-order valence-electron chi connectivity index (χ0n) is 35.7. The highest BCUT2D eigenvalue weighted by molar-refractivity contribution is 9.11. The van der Waals surface area contributed by atoms with E-state index in [2.05, 4.69) is 97.8 Å². The third-order valence-corrected chi connectivity index (χ3v) is 14.6. The molecule has 4 N–H and O–H groups in total. The molecular weight excluding hydrogens is 1090 g/mol. The van der Waals surface area contributed by atoms with Crippen LogP contribution in [0.3, 0.4) is 0 Å². The van der Waals surface area contributed by atoms with Gasteiger partial charge in [-0.25, -0.2) is 0 Å². The number of aromatic hydroxyl groups is 4. The average Bonchev–Trinajstić information content (AvgIpc) is 3.88. The Morgan fingerprint density at radius 3 is 0.909 bits per heavy atom. The van der Waals surface area contributed by atoms with Crippen LogP contribution in [0.25, 0.3) is 0 Å². The Bertz CT molecular complexity index is 2530. The minimum atomic E-state index is -0.242. The first-order chi connectivity index (χ1) is 31.9. The van der Waals surface area contributed by atoms with Gasteiger partial charge in [-0.05, 0) is 158 Å². The molecule has 14 heteroatoms. The van der Waals surface area contributed by atoms with E-state index in [-0.39, 0.29) is 47.2 Å². The van der Waals surface area contributed by atoms with Crippen LogP contribution in [0, 0.1) is 0 Å². The Morgan fingerprint density at radius 2 is 0.652 bits per heavy atom. The second kappa shape index (κ2) is 20.5. The minimum absolute atomic E-state index is 0.0870. The molecule has 0 aliphatic carbocycles. The van der Waals surface area contributed by atoms with E-state index < -0.39 is 0 Å². The van der Waals surface area contributed by atoms with Gasteiger partial charge in [0.05, 0.1) is 42.1 Å². The summed E-state index contributed by atoms with van der Waals surface area (Å²) in [4.78, 5) is 25.0. The molecule has 0 spiro atoms. The summed E-state index contributed by atoms with van der Waals surface area (Å²) in [5.74, 6) is 0.348. The Balaban J connectivity index is 1.12. The van der Waals surface area contributed by atoms with Crippen molar-refractivity contribution in [2.75, 3.05) is 26.2 Å². The molecule has 4 unspecified atom stereocenters. The van der Waals surface area contributed by atoms with Gasteiger partial charge in [0.15, 0.2) is 0 Å². The molecule has 2 saturated heterocycles. The molecule has 0 saturated carbocycles. The van der Waals surface area contributed by atoms with E-state index in [0.717, 1.165) is 35.3 Å². The molecule has 4 atom stereocenters. The number of aliphatic imine (C=N–C) groups is 4. The van der Waals surface area contributed by atoms with Gasteiger partial charge in [0.2, 0.25) is 0 Å². The maximum atomic E-state index is 11.3. The van der Waals surface area contributed by atoms with Crippen LogP contribution in [-0.4, -0.2) is 105 Å². The van der Waals surface area contributed by atoms with Crippen molar-refractivity contribution in [2.24, 2.45) is 20.0 Å². The number of hydrogen-bond acceptors (Lipinski definition) is 10. The fourth-order valence-electron chi connectivity index (χ4n) is 8.91. The summed E-state index contributed by atoms with van der Waals surface area (Å²) in [6.45, 7) is 4.04. The fraction of sp³-hybridized carbons (Fsp3) is 0.231. The number of fused-ring (bicyclic) bond motifs is 10. The molecule has 10 nitrogen and oxygen atoms in total. The molecule has 8 bridgehead atoms. The van der Waals surface area contributed by atoms with Crippen LogP contribution < -0.4 is 0 Å². The summed E-state index contributed by atoms with van der Waals surface area (Å²) in [7, 11) is 0. The standard InChI is InChI=1S/C52H46Br4N6O4/c53-41-17-33-11-35-15-39(51(65)43(55)19-35)23-59-47-29-62(26-32-9-5-2-6-10-32)30-48(47)60-24-40-16-36(20-44(56)52(40)66)12-34-14-38(50(64)42(54)18-34)22-58-46-28-61(25-31-7-3-1-4-8-31)27-45(46)57-21-37(13-33)49(41)63/h1-10,13-24,45-48,63-66H,11-12,25-30H2. The van der Waals surface area contributed by atoms with E-state index >= 15 is 0 Å². The van der Waals surface area contributed by atoms with E-state index in [1.165, 1.54) is 11.1 Å². The van der Waals surface area contributed by atoms with Gasteiger partial charge in [-0.15, -0.1) is 0 Å². The molecule has 3 aliphatic heterocycles. The summed E-state index contributed by atoms with van der Waals surface area (Å²) in [5, 5.41) is 45.2. The summed E-state index contributed by atoms with van der Waals surface area (Å²) in [6.07, 6.45) is 7.93. The Labute approximate surface area is 417 Å². The molecule has 0 amide bonds.